The highest BCUT2D eigenvalue weighted by atomic mass is 35.5. The summed E-state index contributed by atoms with van der Waals surface area (Å²) in [4.78, 5) is 26.9. The Bertz CT molecular complexity index is 966. The summed E-state index contributed by atoms with van der Waals surface area (Å²) in [7, 11) is 3.06. The maximum atomic E-state index is 12.9. The number of halogens is 2. The van der Waals surface area contributed by atoms with Crippen molar-refractivity contribution in [2.45, 2.75) is 6.92 Å². The number of carbonyl (C=O) groups excluding carboxylic acids is 2. The Morgan fingerprint density at radius 1 is 0.964 bits per heavy atom. The van der Waals surface area contributed by atoms with Crippen LogP contribution in [0.3, 0.4) is 0 Å². The molecule has 3 rings (SSSR count). The second-order valence-corrected chi connectivity index (χ2v) is 6.80. The highest BCUT2D eigenvalue weighted by molar-refractivity contribution is 6.41. The highest BCUT2D eigenvalue weighted by Crippen LogP contribution is 2.36. The van der Waals surface area contributed by atoms with Gasteiger partial charge in [-0.3, -0.25) is 14.5 Å². The van der Waals surface area contributed by atoms with Gasteiger partial charge < -0.3 is 14.8 Å². The summed E-state index contributed by atoms with van der Waals surface area (Å²) in [5, 5.41) is 3.76. The zero-order valence-corrected chi connectivity index (χ0v) is 17.0. The predicted molar refractivity (Wildman–Crippen MR) is 109 cm³/mol. The molecule has 0 fully saturated rings. The van der Waals surface area contributed by atoms with Gasteiger partial charge in [-0.2, -0.15) is 0 Å². The first-order chi connectivity index (χ1) is 13.4. The lowest BCUT2D eigenvalue weighted by Gasteiger charge is -2.13. The summed E-state index contributed by atoms with van der Waals surface area (Å²) in [6, 6.07) is 9.87. The van der Waals surface area contributed by atoms with Crippen molar-refractivity contribution in [1.29, 1.82) is 0 Å². The molecule has 0 spiro atoms. The normalized spacial score (nSPS) is 14.0. The van der Waals surface area contributed by atoms with Gasteiger partial charge >= 0.3 is 0 Å². The molecule has 0 saturated heterocycles. The SMILES string of the molecule is CCN1C(=O)C(Nc2cc(OC)cc(OC)c2)=C(c2ccc(Cl)cc2Cl)C1=O. The largest absolute Gasteiger partial charge is 0.497 e. The molecule has 0 unspecified atom stereocenters. The van der Waals surface area contributed by atoms with Gasteiger partial charge in [-0.25, -0.2) is 0 Å². The molecular formula is C20H18Cl2N2O4. The van der Waals surface area contributed by atoms with E-state index in [1.165, 1.54) is 20.3 Å². The minimum atomic E-state index is -0.435. The topological polar surface area (TPSA) is 67.9 Å². The van der Waals surface area contributed by atoms with Gasteiger partial charge in [0.05, 0.1) is 24.8 Å². The summed E-state index contributed by atoms with van der Waals surface area (Å²) in [5.41, 5.74) is 1.28. The lowest BCUT2D eigenvalue weighted by molar-refractivity contribution is -0.136. The Kier molecular flexibility index (Phi) is 5.82. The molecule has 0 saturated carbocycles. The number of ether oxygens (including phenoxy) is 2. The molecule has 2 aromatic carbocycles. The number of nitrogens with zero attached hydrogens (tertiary/aromatic N) is 1. The van der Waals surface area contributed by atoms with E-state index in [4.69, 9.17) is 32.7 Å². The molecule has 2 aromatic rings. The highest BCUT2D eigenvalue weighted by Gasteiger charge is 2.39. The van der Waals surface area contributed by atoms with Crippen LogP contribution in [0.2, 0.25) is 10.0 Å². The molecule has 146 valence electrons. The van der Waals surface area contributed by atoms with Crippen LogP contribution in [0.15, 0.2) is 42.1 Å². The third-order valence-corrected chi connectivity index (χ3v) is 4.85. The van der Waals surface area contributed by atoms with Gasteiger partial charge in [0.2, 0.25) is 0 Å². The number of methoxy groups -OCH3 is 2. The van der Waals surface area contributed by atoms with Gasteiger partial charge in [-0.1, -0.05) is 29.3 Å². The van der Waals surface area contributed by atoms with E-state index >= 15 is 0 Å². The number of nitrogens with one attached hydrogen (secondary N) is 1. The molecular weight excluding hydrogens is 403 g/mol. The molecule has 1 N–H and O–H groups in total. The third kappa shape index (κ3) is 3.66. The quantitative estimate of drug-likeness (QED) is 0.708. The number of likely N-dealkylation sites (N-methyl/N-ethyl adjacent to an activating group) is 1. The number of hydrogen-bond acceptors (Lipinski definition) is 5. The monoisotopic (exact) mass is 420 g/mol. The van der Waals surface area contributed by atoms with Crippen molar-refractivity contribution >= 4 is 46.3 Å². The number of amides is 2. The zero-order chi connectivity index (χ0) is 20.4. The molecule has 2 amide bonds. The summed E-state index contributed by atoms with van der Waals surface area (Å²) >= 11 is 12.3. The number of hydrogen-bond donors (Lipinski definition) is 1. The Labute approximate surface area is 172 Å². The van der Waals surface area contributed by atoms with Crippen LogP contribution in [0, 0.1) is 0 Å². The second kappa shape index (κ2) is 8.12. The minimum Gasteiger partial charge on any atom is -0.497 e. The van der Waals surface area contributed by atoms with Crippen LogP contribution in [0.1, 0.15) is 12.5 Å². The average Bonchev–Trinajstić information content (AvgIpc) is 2.91. The molecule has 0 radical (unpaired) electrons. The van der Waals surface area contributed by atoms with Gasteiger partial charge in [-0.15, -0.1) is 0 Å². The van der Waals surface area contributed by atoms with Crippen LogP contribution in [0.4, 0.5) is 5.69 Å². The summed E-state index contributed by atoms with van der Waals surface area (Å²) < 4.78 is 10.5. The van der Waals surface area contributed by atoms with Crippen LogP contribution >= 0.6 is 23.2 Å². The van der Waals surface area contributed by atoms with Crippen LogP contribution in [-0.4, -0.2) is 37.5 Å². The number of benzene rings is 2. The molecule has 1 aliphatic rings. The minimum absolute atomic E-state index is 0.131. The first-order valence-corrected chi connectivity index (χ1v) is 9.21. The van der Waals surface area contributed by atoms with Crippen LogP contribution in [0.5, 0.6) is 11.5 Å². The van der Waals surface area contributed by atoms with Crippen LogP contribution in [0.25, 0.3) is 5.57 Å². The fourth-order valence-electron chi connectivity index (χ4n) is 2.95. The van der Waals surface area contributed by atoms with E-state index in [-0.39, 0.29) is 22.8 Å². The van der Waals surface area contributed by atoms with Gasteiger partial charge in [0.15, 0.2) is 0 Å². The van der Waals surface area contributed by atoms with E-state index in [0.29, 0.717) is 27.8 Å². The van der Waals surface area contributed by atoms with Gasteiger partial charge in [-0.05, 0) is 19.1 Å². The van der Waals surface area contributed by atoms with Crippen molar-refractivity contribution in [2.75, 3.05) is 26.1 Å². The molecule has 0 aliphatic carbocycles. The molecule has 28 heavy (non-hydrogen) atoms. The lowest BCUT2D eigenvalue weighted by atomic mass is 10.0. The average molecular weight is 421 g/mol. The van der Waals surface area contributed by atoms with E-state index in [9.17, 15) is 9.59 Å². The van der Waals surface area contributed by atoms with E-state index in [1.807, 2.05) is 0 Å². The van der Waals surface area contributed by atoms with Crippen molar-refractivity contribution in [2.24, 2.45) is 0 Å². The van der Waals surface area contributed by atoms with Gasteiger partial charge in [0.1, 0.15) is 17.2 Å². The van der Waals surface area contributed by atoms with Gasteiger partial charge in [0.25, 0.3) is 11.8 Å². The predicted octanol–water partition coefficient (Wildman–Crippen LogP) is 4.22. The first kappa shape index (κ1) is 20.0. The number of imide groups is 1. The van der Waals surface area contributed by atoms with E-state index in [0.717, 1.165) is 4.90 Å². The van der Waals surface area contributed by atoms with Crippen LogP contribution in [-0.2, 0) is 9.59 Å². The maximum absolute atomic E-state index is 12.9. The molecule has 0 bridgehead atoms. The van der Waals surface area contributed by atoms with Crippen molar-refractivity contribution in [3.63, 3.8) is 0 Å². The van der Waals surface area contributed by atoms with Crippen LogP contribution < -0.4 is 14.8 Å². The van der Waals surface area contributed by atoms with E-state index in [2.05, 4.69) is 5.32 Å². The second-order valence-electron chi connectivity index (χ2n) is 5.96. The zero-order valence-electron chi connectivity index (χ0n) is 15.5. The van der Waals surface area contributed by atoms with Gasteiger partial charge in [0, 0.05) is 41.0 Å². The molecule has 1 heterocycles. The lowest BCUT2D eigenvalue weighted by Crippen LogP contribution is -2.32. The third-order valence-electron chi connectivity index (χ3n) is 4.31. The standard InChI is InChI=1S/C20H18Cl2N2O4/c1-4-24-19(25)17(15-6-5-11(21)7-16(15)22)18(20(24)26)23-12-8-13(27-2)10-14(9-12)28-3/h5-10,23H,4H2,1-3H3. The molecule has 1 aliphatic heterocycles. The first-order valence-electron chi connectivity index (χ1n) is 8.45. The number of anilines is 1. The Morgan fingerprint density at radius 3 is 2.14 bits per heavy atom. The summed E-state index contributed by atoms with van der Waals surface area (Å²) in [6.45, 7) is 1.97. The summed E-state index contributed by atoms with van der Waals surface area (Å²) in [6.07, 6.45) is 0. The molecule has 0 atom stereocenters. The fourth-order valence-corrected chi connectivity index (χ4v) is 3.45. The Hall–Kier alpha value is -2.70. The Morgan fingerprint density at radius 2 is 1.61 bits per heavy atom. The van der Waals surface area contributed by atoms with E-state index < -0.39 is 11.8 Å². The van der Waals surface area contributed by atoms with Crippen molar-refractivity contribution in [1.82, 2.24) is 4.90 Å². The Balaban J connectivity index is 2.14. The van der Waals surface area contributed by atoms with Crippen molar-refractivity contribution in [3.8, 4) is 11.5 Å². The maximum Gasteiger partial charge on any atom is 0.278 e. The molecule has 8 heteroatoms. The van der Waals surface area contributed by atoms with E-state index in [1.54, 1.807) is 37.3 Å². The van der Waals surface area contributed by atoms with Crippen molar-refractivity contribution < 1.29 is 19.1 Å². The molecule has 0 aromatic heterocycles. The molecule has 6 nitrogen and oxygen atoms in total. The fraction of sp³-hybridized carbons (Fsp3) is 0.200. The number of rotatable bonds is 6. The van der Waals surface area contributed by atoms with Crippen molar-refractivity contribution in [3.05, 3.63) is 57.7 Å². The smallest absolute Gasteiger partial charge is 0.278 e. The number of carbonyl (C=O) groups is 2. The summed E-state index contributed by atoms with van der Waals surface area (Å²) in [5.74, 6) is 0.222.